The molecule has 0 aliphatic rings. The zero-order valence-corrected chi connectivity index (χ0v) is 15.4. The van der Waals surface area contributed by atoms with E-state index < -0.39 is 9.84 Å². The number of benzene rings is 2. The van der Waals surface area contributed by atoms with Crippen molar-refractivity contribution in [3.8, 4) is 0 Å². The zero-order valence-electron chi connectivity index (χ0n) is 13.0. The summed E-state index contributed by atoms with van der Waals surface area (Å²) in [5.74, 6) is -0.339. The molecule has 0 aliphatic carbocycles. The van der Waals surface area contributed by atoms with Crippen molar-refractivity contribution in [2.24, 2.45) is 0 Å². The van der Waals surface area contributed by atoms with Gasteiger partial charge < -0.3 is 4.90 Å². The normalized spacial score (nSPS) is 11.3. The van der Waals surface area contributed by atoms with Crippen LogP contribution in [-0.4, -0.2) is 32.0 Å². The molecule has 0 aliphatic heterocycles. The molecule has 0 N–H and O–H groups in total. The number of carbonyl (C=O) groups is 1. The Hall–Kier alpha value is -1.66. The second-order valence-corrected chi connectivity index (χ2v) is 8.35. The van der Waals surface area contributed by atoms with E-state index in [0.717, 1.165) is 10.0 Å². The SMILES string of the molecule is CCS(=O)(=O)c1ccccc1C(=O)N(C)Cc1ccc(Br)cc1. The predicted molar refractivity (Wildman–Crippen MR) is 94.1 cm³/mol. The fourth-order valence-corrected chi connectivity index (χ4v) is 3.56. The molecule has 0 saturated heterocycles. The highest BCUT2D eigenvalue weighted by Gasteiger charge is 2.22. The van der Waals surface area contributed by atoms with Gasteiger partial charge in [0.2, 0.25) is 0 Å². The van der Waals surface area contributed by atoms with E-state index in [9.17, 15) is 13.2 Å². The van der Waals surface area contributed by atoms with Crippen molar-refractivity contribution < 1.29 is 13.2 Å². The first-order valence-electron chi connectivity index (χ1n) is 7.17. The standard InChI is InChI=1S/C17H18BrNO3S/c1-3-23(21,22)16-7-5-4-6-15(16)17(20)19(2)12-13-8-10-14(18)11-9-13/h4-11H,3,12H2,1-2H3. The summed E-state index contributed by atoms with van der Waals surface area (Å²) in [6.07, 6.45) is 0. The van der Waals surface area contributed by atoms with Crippen LogP contribution in [0.5, 0.6) is 0 Å². The van der Waals surface area contributed by atoms with Crippen molar-refractivity contribution in [1.29, 1.82) is 0 Å². The maximum atomic E-state index is 12.7. The smallest absolute Gasteiger partial charge is 0.255 e. The van der Waals surface area contributed by atoms with Gasteiger partial charge in [-0.3, -0.25) is 4.79 Å². The van der Waals surface area contributed by atoms with E-state index >= 15 is 0 Å². The molecular weight excluding hydrogens is 378 g/mol. The molecule has 6 heteroatoms. The summed E-state index contributed by atoms with van der Waals surface area (Å²) in [5, 5.41) is 0. The minimum atomic E-state index is -3.44. The van der Waals surface area contributed by atoms with Crippen LogP contribution in [0.15, 0.2) is 57.9 Å². The highest BCUT2D eigenvalue weighted by Crippen LogP contribution is 2.20. The number of carbonyl (C=O) groups excluding carboxylic acids is 1. The average Bonchev–Trinajstić information content (AvgIpc) is 2.56. The van der Waals surface area contributed by atoms with Crippen molar-refractivity contribution in [3.05, 3.63) is 64.1 Å². The molecule has 0 radical (unpaired) electrons. The van der Waals surface area contributed by atoms with Crippen LogP contribution in [0.4, 0.5) is 0 Å². The van der Waals surface area contributed by atoms with Crippen LogP contribution < -0.4 is 0 Å². The van der Waals surface area contributed by atoms with Crippen LogP contribution >= 0.6 is 15.9 Å². The largest absolute Gasteiger partial charge is 0.337 e. The molecule has 23 heavy (non-hydrogen) atoms. The molecule has 0 aromatic heterocycles. The third-order valence-corrected chi connectivity index (χ3v) is 5.83. The van der Waals surface area contributed by atoms with Crippen LogP contribution in [0, 0.1) is 0 Å². The van der Waals surface area contributed by atoms with E-state index in [0.29, 0.717) is 6.54 Å². The minimum absolute atomic E-state index is 0.0340. The topological polar surface area (TPSA) is 54.5 Å². The Morgan fingerprint density at radius 1 is 1.09 bits per heavy atom. The molecule has 0 atom stereocenters. The summed E-state index contributed by atoms with van der Waals surface area (Å²) < 4.78 is 25.3. The lowest BCUT2D eigenvalue weighted by molar-refractivity contribution is 0.0781. The number of sulfone groups is 1. The Morgan fingerprint density at radius 3 is 2.30 bits per heavy atom. The van der Waals surface area contributed by atoms with Gasteiger partial charge in [-0.05, 0) is 29.8 Å². The van der Waals surface area contributed by atoms with E-state index in [-0.39, 0.29) is 22.1 Å². The maximum Gasteiger partial charge on any atom is 0.255 e. The van der Waals surface area contributed by atoms with Gasteiger partial charge in [-0.15, -0.1) is 0 Å². The Kier molecular flexibility index (Phi) is 5.59. The predicted octanol–water partition coefficient (Wildman–Crippen LogP) is 3.51. The van der Waals surface area contributed by atoms with Crippen molar-refractivity contribution >= 4 is 31.7 Å². The highest BCUT2D eigenvalue weighted by molar-refractivity contribution is 9.10. The van der Waals surface area contributed by atoms with Gasteiger partial charge in [0.05, 0.1) is 16.2 Å². The first-order chi connectivity index (χ1) is 10.8. The monoisotopic (exact) mass is 395 g/mol. The lowest BCUT2D eigenvalue weighted by atomic mass is 10.1. The van der Waals surface area contributed by atoms with Gasteiger partial charge in [0.25, 0.3) is 5.91 Å². The summed E-state index contributed by atoms with van der Waals surface area (Å²) in [4.78, 5) is 14.3. The second kappa shape index (κ2) is 7.27. The van der Waals surface area contributed by atoms with E-state index in [1.54, 1.807) is 32.2 Å². The van der Waals surface area contributed by atoms with Gasteiger partial charge in [-0.25, -0.2) is 8.42 Å². The van der Waals surface area contributed by atoms with Gasteiger partial charge in [-0.1, -0.05) is 47.1 Å². The van der Waals surface area contributed by atoms with Crippen LogP contribution in [0.3, 0.4) is 0 Å². The fraction of sp³-hybridized carbons (Fsp3) is 0.235. The van der Waals surface area contributed by atoms with Crippen LogP contribution in [0.2, 0.25) is 0 Å². The van der Waals surface area contributed by atoms with Crippen molar-refractivity contribution in [2.45, 2.75) is 18.4 Å². The third-order valence-electron chi connectivity index (χ3n) is 3.51. The number of hydrogen-bond acceptors (Lipinski definition) is 3. The lowest BCUT2D eigenvalue weighted by Crippen LogP contribution is -2.27. The minimum Gasteiger partial charge on any atom is -0.337 e. The summed E-state index contributed by atoms with van der Waals surface area (Å²) in [6, 6.07) is 14.0. The zero-order chi connectivity index (χ0) is 17.0. The molecule has 1 amide bonds. The van der Waals surface area contributed by atoms with Gasteiger partial charge >= 0.3 is 0 Å². The summed E-state index contributed by atoms with van der Waals surface area (Å²) in [7, 11) is -1.77. The van der Waals surface area contributed by atoms with Gasteiger partial charge in [0.1, 0.15) is 0 Å². The van der Waals surface area contributed by atoms with Crippen molar-refractivity contribution in [3.63, 3.8) is 0 Å². The molecule has 0 bridgehead atoms. The maximum absolute atomic E-state index is 12.7. The molecule has 2 aromatic carbocycles. The van der Waals surface area contributed by atoms with Gasteiger partial charge in [-0.2, -0.15) is 0 Å². The van der Waals surface area contributed by atoms with Crippen LogP contribution in [0.1, 0.15) is 22.8 Å². The number of halogens is 1. The summed E-state index contributed by atoms with van der Waals surface area (Å²) in [5.41, 5.74) is 1.19. The van der Waals surface area contributed by atoms with E-state index in [4.69, 9.17) is 0 Å². The Balaban J connectivity index is 2.28. The number of amides is 1. The van der Waals surface area contributed by atoms with Gasteiger partial charge in [0.15, 0.2) is 9.84 Å². The molecule has 0 saturated carbocycles. The number of hydrogen-bond donors (Lipinski definition) is 0. The Labute approximate surface area is 145 Å². The molecule has 4 nitrogen and oxygen atoms in total. The molecule has 2 rings (SSSR count). The van der Waals surface area contributed by atoms with E-state index in [1.165, 1.54) is 11.0 Å². The van der Waals surface area contributed by atoms with Crippen LogP contribution in [-0.2, 0) is 16.4 Å². The molecule has 2 aromatic rings. The first-order valence-corrected chi connectivity index (χ1v) is 9.61. The lowest BCUT2D eigenvalue weighted by Gasteiger charge is -2.19. The second-order valence-electron chi connectivity index (χ2n) is 5.19. The Bertz CT molecular complexity index is 801. The third kappa shape index (κ3) is 4.20. The first kappa shape index (κ1) is 17.7. The molecule has 0 heterocycles. The molecule has 0 fully saturated rings. The fourth-order valence-electron chi connectivity index (χ4n) is 2.21. The summed E-state index contributed by atoms with van der Waals surface area (Å²) in [6.45, 7) is 1.98. The number of nitrogens with zero attached hydrogens (tertiary/aromatic N) is 1. The van der Waals surface area contributed by atoms with E-state index in [2.05, 4.69) is 15.9 Å². The Morgan fingerprint density at radius 2 is 1.70 bits per heavy atom. The molecule has 122 valence electrons. The molecule has 0 spiro atoms. The average molecular weight is 396 g/mol. The quantitative estimate of drug-likeness (QED) is 0.777. The summed E-state index contributed by atoms with van der Waals surface area (Å²) >= 11 is 3.37. The molecule has 0 unspecified atom stereocenters. The number of rotatable bonds is 5. The van der Waals surface area contributed by atoms with Crippen molar-refractivity contribution in [2.75, 3.05) is 12.8 Å². The highest BCUT2D eigenvalue weighted by atomic mass is 79.9. The van der Waals surface area contributed by atoms with E-state index in [1.807, 2.05) is 24.3 Å². The van der Waals surface area contributed by atoms with Gasteiger partial charge in [0, 0.05) is 18.1 Å². The van der Waals surface area contributed by atoms with Crippen molar-refractivity contribution in [1.82, 2.24) is 4.90 Å². The molecular formula is C17H18BrNO3S. The van der Waals surface area contributed by atoms with Crippen LogP contribution in [0.25, 0.3) is 0 Å².